The molecule has 2 bridgehead atoms. The third-order valence-electron chi connectivity index (χ3n) is 6.53. The maximum atomic E-state index is 11.6. The normalized spacial score (nSPS) is 24.6. The number of nitrogens with zero attached hydrogens (tertiary/aromatic N) is 4. The fourth-order valence-electron chi connectivity index (χ4n) is 5.07. The van der Waals surface area contributed by atoms with Crippen LogP contribution in [0.15, 0.2) is 36.7 Å². The average molecular weight is 417 g/mol. The predicted molar refractivity (Wildman–Crippen MR) is 117 cm³/mol. The molecule has 0 spiro atoms. The Morgan fingerprint density at radius 3 is 2.52 bits per heavy atom. The Morgan fingerprint density at radius 1 is 1.14 bits per heavy atom. The predicted octanol–water partition coefficient (Wildman–Crippen LogP) is 2.78. The SMILES string of the molecule is Cc1ccc(N2C[C@H]3CN(CCc4cnn(S(C)(=O)=O)c4)C[C@@H]2C(C)(C)C3)cc1. The van der Waals surface area contributed by atoms with Crippen LogP contribution in [0.4, 0.5) is 5.69 Å². The van der Waals surface area contributed by atoms with Gasteiger partial charge in [-0.25, -0.2) is 8.42 Å². The first-order chi connectivity index (χ1) is 13.6. The van der Waals surface area contributed by atoms with Gasteiger partial charge in [-0.2, -0.15) is 9.19 Å². The number of fused-ring (bicyclic) bond motifs is 4. The third kappa shape index (κ3) is 4.36. The van der Waals surface area contributed by atoms with Crippen molar-refractivity contribution in [1.82, 2.24) is 14.1 Å². The highest BCUT2D eigenvalue weighted by atomic mass is 32.2. The van der Waals surface area contributed by atoms with Gasteiger partial charge < -0.3 is 9.80 Å². The Balaban J connectivity index is 1.49. The molecule has 0 N–H and O–H groups in total. The average Bonchev–Trinajstić information content (AvgIpc) is 2.99. The van der Waals surface area contributed by atoms with Gasteiger partial charge in [-0.3, -0.25) is 0 Å². The van der Waals surface area contributed by atoms with Crippen molar-refractivity contribution < 1.29 is 8.42 Å². The van der Waals surface area contributed by atoms with Crippen LogP contribution in [-0.2, 0) is 16.4 Å². The minimum atomic E-state index is -3.31. The lowest BCUT2D eigenvalue weighted by Gasteiger charge is -2.48. The van der Waals surface area contributed by atoms with Crippen molar-refractivity contribution in [3.05, 3.63) is 47.8 Å². The molecule has 3 aliphatic heterocycles. The number of rotatable bonds is 5. The highest BCUT2D eigenvalue weighted by Gasteiger charge is 2.45. The second-order valence-electron chi connectivity index (χ2n) is 9.56. The van der Waals surface area contributed by atoms with Gasteiger partial charge >= 0.3 is 0 Å². The van der Waals surface area contributed by atoms with E-state index in [2.05, 4.69) is 59.9 Å². The van der Waals surface area contributed by atoms with E-state index in [4.69, 9.17) is 0 Å². The lowest BCUT2D eigenvalue weighted by Crippen LogP contribution is -2.54. The van der Waals surface area contributed by atoms with Crippen LogP contribution in [0.1, 0.15) is 31.4 Å². The fourth-order valence-corrected chi connectivity index (χ4v) is 5.61. The van der Waals surface area contributed by atoms with Crippen molar-refractivity contribution >= 4 is 15.7 Å². The Bertz CT molecular complexity index is 965. The summed E-state index contributed by atoms with van der Waals surface area (Å²) in [6, 6.07) is 9.41. The molecule has 158 valence electrons. The summed E-state index contributed by atoms with van der Waals surface area (Å²) in [5, 5.41) is 4.00. The van der Waals surface area contributed by atoms with Crippen molar-refractivity contribution in [2.45, 2.75) is 39.7 Å². The third-order valence-corrected chi connectivity index (χ3v) is 7.41. The van der Waals surface area contributed by atoms with E-state index in [9.17, 15) is 8.42 Å². The summed E-state index contributed by atoms with van der Waals surface area (Å²) in [6.45, 7) is 11.1. The molecule has 0 unspecified atom stereocenters. The smallest absolute Gasteiger partial charge is 0.250 e. The molecule has 2 atom stereocenters. The Kier molecular flexibility index (Phi) is 5.23. The molecule has 1 aromatic heterocycles. The van der Waals surface area contributed by atoms with Crippen molar-refractivity contribution in [1.29, 1.82) is 0 Å². The zero-order chi connectivity index (χ0) is 20.8. The summed E-state index contributed by atoms with van der Waals surface area (Å²) >= 11 is 0. The zero-order valence-electron chi connectivity index (χ0n) is 17.9. The van der Waals surface area contributed by atoms with Gasteiger partial charge in [-0.1, -0.05) is 31.5 Å². The van der Waals surface area contributed by atoms with Crippen LogP contribution in [-0.4, -0.2) is 61.0 Å². The number of hydrogen-bond donors (Lipinski definition) is 0. The Hall–Kier alpha value is -1.86. The number of hydrogen-bond acceptors (Lipinski definition) is 5. The summed E-state index contributed by atoms with van der Waals surface area (Å²) in [4.78, 5) is 5.19. The summed E-state index contributed by atoms with van der Waals surface area (Å²) in [6.07, 6.45) is 6.57. The number of anilines is 1. The summed E-state index contributed by atoms with van der Waals surface area (Å²) in [5.74, 6) is 0.642. The minimum absolute atomic E-state index is 0.268. The lowest BCUT2D eigenvalue weighted by atomic mass is 9.73. The molecule has 5 rings (SSSR count). The lowest BCUT2D eigenvalue weighted by molar-refractivity contribution is 0.190. The Labute approximate surface area is 174 Å². The molecule has 0 aliphatic carbocycles. The fraction of sp³-hybridized carbons (Fsp3) is 0.591. The van der Waals surface area contributed by atoms with E-state index < -0.39 is 10.0 Å². The van der Waals surface area contributed by atoms with Crippen LogP contribution in [0.3, 0.4) is 0 Å². The standard InChI is InChI=1S/C22H32N4O2S/c1-17-5-7-20(8-6-17)25-14-19-11-22(2,3)21(25)16-24(13-19)10-9-18-12-23-26(15-18)29(4,27)28/h5-8,12,15,19,21H,9-11,13-14,16H2,1-4H3/t19-,21-/m1/s1. The van der Waals surface area contributed by atoms with Gasteiger partial charge in [-0.05, 0) is 48.8 Å². The van der Waals surface area contributed by atoms with E-state index in [1.165, 1.54) is 23.9 Å². The first kappa shape index (κ1) is 20.4. The van der Waals surface area contributed by atoms with E-state index in [-0.39, 0.29) is 5.41 Å². The van der Waals surface area contributed by atoms with Crippen LogP contribution >= 0.6 is 0 Å². The van der Waals surface area contributed by atoms with Crippen LogP contribution in [0.2, 0.25) is 0 Å². The van der Waals surface area contributed by atoms with Crippen LogP contribution in [0.25, 0.3) is 0 Å². The highest BCUT2D eigenvalue weighted by Crippen LogP contribution is 2.43. The molecule has 6 nitrogen and oxygen atoms in total. The quantitative estimate of drug-likeness (QED) is 0.750. The molecule has 3 saturated heterocycles. The maximum absolute atomic E-state index is 11.6. The van der Waals surface area contributed by atoms with Gasteiger partial charge in [0.05, 0.1) is 12.5 Å². The monoisotopic (exact) mass is 416 g/mol. The van der Waals surface area contributed by atoms with Crippen LogP contribution in [0.5, 0.6) is 0 Å². The van der Waals surface area contributed by atoms with Crippen LogP contribution in [0, 0.1) is 18.3 Å². The number of aromatic nitrogens is 2. The van der Waals surface area contributed by atoms with Crippen molar-refractivity contribution in [3.8, 4) is 0 Å². The highest BCUT2D eigenvalue weighted by molar-refractivity contribution is 7.89. The molecule has 0 amide bonds. The van der Waals surface area contributed by atoms with Gasteiger partial charge in [0.15, 0.2) is 0 Å². The number of aryl methyl sites for hydroxylation is 1. The Morgan fingerprint density at radius 2 is 1.86 bits per heavy atom. The molecule has 2 aromatic rings. The molecule has 1 aromatic carbocycles. The summed E-state index contributed by atoms with van der Waals surface area (Å²) in [7, 11) is -3.31. The molecule has 4 heterocycles. The first-order valence-corrected chi connectivity index (χ1v) is 12.3. The summed E-state index contributed by atoms with van der Waals surface area (Å²) in [5.41, 5.74) is 3.87. The second-order valence-corrected chi connectivity index (χ2v) is 11.4. The van der Waals surface area contributed by atoms with E-state index in [1.54, 1.807) is 12.4 Å². The minimum Gasteiger partial charge on any atom is -0.366 e. The van der Waals surface area contributed by atoms with Gasteiger partial charge in [0.25, 0.3) is 10.0 Å². The first-order valence-electron chi connectivity index (χ1n) is 10.4. The molecule has 29 heavy (non-hydrogen) atoms. The molecule has 7 heteroatoms. The zero-order valence-corrected chi connectivity index (χ0v) is 18.7. The van der Waals surface area contributed by atoms with Crippen molar-refractivity contribution in [2.24, 2.45) is 11.3 Å². The van der Waals surface area contributed by atoms with Crippen molar-refractivity contribution in [2.75, 3.05) is 37.3 Å². The summed E-state index contributed by atoms with van der Waals surface area (Å²) < 4.78 is 24.3. The number of benzene rings is 1. The van der Waals surface area contributed by atoms with Crippen molar-refractivity contribution in [3.63, 3.8) is 0 Å². The molecule has 3 fully saturated rings. The van der Waals surface area contributed by atoms with E-state index >= 15 is 0 Å². The van der Waals surface area contributed by atoms with E-state index in [0.717, 1.165) is 42.3 Å². The van der Waals surface area contributed by atoms with Gasteiger partial charge in [0.1, 0.15) is 0 Å². The molecular formula is C22H32N4O2S. The molecule has 0 saturated carbocycles. The second kappa shape index (κ2) is 7.43. The molecule has 3 aliphatic rings. The largest absolute Gasteiger partial charge is 0.366 e. The van der Waals surface area contributed by atoms with E-state index in [0.29, 0.717) is 12.0 Å². The molecule has 0 radical (unpaired) electrons. The molecular weight excluding hydrogens is 384 g/mol. The van der Waals surface area contributed by atoms with Gasteiger partial charge in [-0.15, -0.1) is 0 Å². The van der Waals surface area contributed by atoms with Crippen LogP contribution < -0.4 is 4.90 Å². The van der Waals surface area contributed by atoms with Gasteiger partial charge in [0.2, 0.25) is 0 Å². The topological polar surface area (TPSA) is 58.4 Å². The number of piperidine rings is 1. The van der Waals surface area contributed by atoms with Gasteiger partial charge in [0, 0.05) is 44.1 Å². The van der Waals surface area contributed by atoms with E-state index in [1.807, 2.05) is 0 Å². The maximum Gasteiger partial charge on any atom is 0.250 e.